The molecule has 0 aromatic heterocycles. The van der Waals surface area contributed by atoms with Crippen molar-refractivity contribution < 1.29 is 0 Å². The molecule has 0 N–H and O–H groups in total. The maximum atomic E-state index is 4.30. The lowest BCUT2D eigenvalue weighted by Crippen LogP contribution is -2.04. The van der Waals surface area contributed by atoms with Crippen LogP contribution in [0.3, 0.4) is 0 Å². The topological polar surface area (TPSA) is 0 Å². The molecule has 0 bridgehead atoms. The molecule has 0 fully saturated rings. The van der Waals surface area contributed by atoms with Gasteiger partial charge in [0.2, 0.25) is 0 Å². The Labute approximate surface area is 74.6 Å². The van der Waals surface area contributed by atoms with Gasteiger partial charge in [0.05, 0.1) is 0 Å². The minimum absolute atomic E-state index is 0.799. The first-order valence-corrected chi connectivity index (χ1v) is 5.75. The largest absolute Gasteiger partial charge is 0.178 e. The van der Waals surface area contributed by atoms with Crippen LogP contribution in [-0.4, -0.2) is 16.8 Å². The monoisotopic (exact) mass is 178 g/mol. The third kappa shape index (κ3) is 5.48. The molecule has 10 heavy (non-hydrogen) atoms. The Bertz CT molecular complexity index is 64.3. The summed E-state index contributed by atoms with van der Waals surface area (Å²) in [5.74, 6) is 2.27. The van der Waals surface area contributed by atoms with Gasteiger partial charge in [-0.1, -0.05) is 26.7 Å². The van der Waals surface area contributed by atoms with Crippen molar-refractivity contribution in [3.63, 3.8) is 0 Å². The highest BCUT2D eigenvalue weighted by molar-refractivity contribution is 8.00. The van der Waals surface area contributed by atoms with Crippen LogP contribution >= 0.6 is 24.4 Å². The SMILES string of the molecule is CCCCC(CS)SCC. The summed E-state index contributed by atoms with van der Waals surface area (Å²) in [4.78, 5) is 0. The van der Waals surface area contributed by atoms with Gasteiger partial charge in [0.15, 0.2) is 0 Å². The number of thiol groups is 1. The summed E-state index contributed by atoms with van der Waals surface area (Å²) >= 11 is 6.34. The number of rotatable bonds is 6. The normalized spacial score (nSPS) is 13.5. The molecule has 1 atom stereocenters. The van der Waals surface area contributed by atoms with Gasteiger partial charge in [-0.05, 0) is 12.2 Å². The van der Waals surface area contributed by atoms with Crippen molar-refractivity contribution in [3.05, 3.63) is 0 Å². The zero-order chi connectivity index (χ0) is 7.82. The highest BCUT2D eigenvalue weighted by Gasteiger charge is 2.03. The standard InChI is InChI=1S/C8H18S2/c1-3-5-6-8(7-9)10-4-2/h8-9H,3-7H2,1-2H3. The summed E-state index contributed by atoms with van der Waals surface area (Å²) in [6.45, 7) is 4.46. The second-order valence-electron chi connectivity index (χ2n) is 2.40. The molecule has 0 rings (SSSR count). The lowest BCUT2D eigenvalue weighted by Gasteiger charge is -2.10. The highest BCUT2D eigenvalue weighted by Crippen LogP contribution is 2.17. The maximum absolute atomic E-state index is 4.30. The second kappa shape index (κ2) is 7.80. The van der Waals surface area contributed by atoms with Crippen molar-refractivity contribution in [2.45, 2.75) is 38.4 Å². The number of hydrogen-bond donors (Lipinski definition) is 1. The third-order valence-corrected chi connectivity index (χ3v) is 3.38. The quantitative estimate of drug-likeness (QED) is 0.609. The van der Waals surface area contributed by atoms with Crippen LogP contribution < -0.4 is 0 Å². The van der Waals surface area contributed by atoms with Crippen LogP contribution in [0.4, 0.5) is 0 Å². The molecule has 2 heteroatoms. The minimum atomic E-state index is 0.799. The van der Waals surface area contributed by atoms with E-state index in [-0.39, 0.29) is 0 Å². The Morgan fingerprint density at radius 1 is 1.40 bits per heavy atom. The van der Waals surface area contributed by atoms with Crippen LogP contribution in [0, 0.1) is 0 Å². The van der Waals surface area contributed by atoms with E-state index in [1.165, 1.54) is 25.0 Å². The molecule has 1 unspecified atom stereocenters. The number of hydrogen-bond acceptors (Lipinski definition) is 2. The van der Waals surface area contributed by atoms with E-state index in [0.717, 1.165) is 11.0 Å². The van der Waals surface area contributed by atoms with E-state index in [4.69, 9.17) is 0 Å². The molecular formula is C8H18S2. The molecule has 0 nitrogen and oxygen atoms in total. The maximum Gasteiger partial charge on any atom is 0.0135 e. The zero-order valence-corrected chi connectivity index (χ0v) is 8.68. The van der Waals surface area contributed by atoms with Crippen LogP contribution in [0.1, 0.15) is 33.1 Å². The van der Waals surface area contributed by atoms with Crippen LogP contribution in [-0.2, 0) is 0 Å². The third-order valence-electron chi connectivity index (χ3n) is 1.49. The van der Waals surface area contributed by atoms with E-state index >= 15 is 0 Å². The molecule has 0 aliphatic carbocycles. The average molecular weight is 178 g/mol. The smallest absolute Gasteiger partial charge is 0.0135 e. The fraction of sp³-hybridized carbons (Fsp3) is 1.00. The van der Waals surface area contributed by atoms with Crippen molar-refractivity contribution in [2.75, 3.05) is 11.5 Å². The van der Waals surface area contributed by atoms with Crippen LogP contribution in [0.15, 0.2) is 0 Å². The van der Waals surface area contributed by atoms with Gasteiger partial charge in [-0.3, -0.25) is 0 Å². The first kappa shape index (κ1) is 10.7. The van der Waals surface area contributed by atoms with E-state index in [1.807, 2.05) is 11.8 Å². The Kier molecular flexibility index (Phi) is 8.35. The number of thioether (sulfide) groups is 1. The van der Waals surface area contributed by atoms with Gasteiger partial charge < -0.3 is 0 Å². The fourth-order valence-corrected chi connectivity index (χ4v) is 2.30. The van der Waals surface area contributed by atoms with E-state index in [1.54, 1.807) is 0 Å². The Balaban J connectivity index is 3.21. The molecule has 0 spiro atoms. The molecule has 0 saturated carbocycles. The van der Waals surface area contributed by atoms with Gasteiger partial charge >= 0.3 is 0 Å². The molecule has 0 amide bonds. The summed E-state index contributed by atoms with van der Waals surface area (Å²) in [6, 6.07) is 0. The molecular weight excluding hydrogens is 160 g/mol. The van der Waals surface area contributed by atoms with Crippen molar-refractivity contribution >= 4 is 24.4 Å². The first-order chi connectivity index (χ1) is 4.85. The summed E-state index contributed by atoms with van der Waals surface area (Å²) in [5, 5.41) is 0.799. The van der Waals surface area contributed by atoms with Gasteiger partial charge in [0.25, 0.3) is 0 Å². The summed E-state index contributed by atoms with van der Waals surface area (Å²) in [7, 11) is 0. The highest BCUT2D eigenvalue weighted by atomic mass is 32.2. The Morgan fingerprint density at radius 3 is 2.50 bits per heavy atom. The second-order valence-corrected chi connectivity index (χ2v) is 4.34. The van der Waals surface area contributed by atoms with Crippen molar-refractivity contribution in [2.24, 2.45) is 0 Å². The van der Waals surface area contributed by atoms with E-state index < -0.39 is 0 Å². The van der Waals surface area contributed by atoms with Gasteiger partial charge in [0, 0.05) is 11.0 Å². The molecule has 0 aliphatic heterocycles. The Hall–Kier alpha value is 0.700. The molecule has 0 saturated heterocycles. The molecule has 0 heterocycles. The predicted molar refractivity (Wildman–Crippen MR) is 55.3 cm³/mol. The summed E-state index contributed by atoms with van der Waals surface area (Å²) in [5.41, 5.74) is 0. The van der Waals surface area contributed by atoms with Gasteiger partial charge in [-0.25, -0.2) is 0 Å². The van der Waals surface area contributed by atoms with E-state index in [2.05, 4.69) is 26.5 Å². The van der Waals surface area contributed by atoms with Gasteiger partial charge in [-0.2, -0.15) is 24.4 Å². The summed E-state index contributed by atoms with van der Waals surface area (Å²) < 4.78 is 0. The van der Waals surface area contributed by atoms with Gasteiger partial charge in [-0.15, -0.1) is 0 Å². The van der Waals surface area contributed by atoms with E-state index in [9.17, 15) is 0 Å². The first-order valence-electron chi connectivity index (χ1n) is 4.07. The predicted octanol–water partition coefficient (Wildman–Crippen LogP) is 3.23. The lowest BCUT2D eigenvalue weighted by molar-refractivity contribution is 0.718. The molecule has 0 radical (unpaired) electrons. The molecule has 62 valence electrons. The minimum Gasteiger partial charge on any atom is -0.178 e. The number of unbranched alkanes of at least 4 members (excludes halogenated alkanes) is 1. The van der Waals surface area contributed by atoms with E-state index in [0.29, 0.717) is 0 Å². The zero-order valence-electron chi connectivity index (χ0n) is 6.97. The van der Waals surface area contributed by atoms with Crippen LogP contribution in [0.2, 0.25) is 0 Å². The Morgan fingerprint density at radius 2 is 2.10 bits per heavy atom. The average Bonchev–Trinajstić information content (AvgIpc) is 1.98. The molecule has 0 aliphatic rings. The van der Waals surface area contributed by atoms with Gasteiger partial charge in [0.1, 0.15) is 0 Å². The lowest BCUT2D eigenvalue weighted by atomic mass is 10.2. The molecule has 0 aromatic carbocycles. The summed E-state index contributed by atoms with van der Waals surface area (Å²) in [6.07, 6.45) is 4.02. The van der Waals surface area contributed by atoms with Crippen LogP contribution in [0.5, 0.6) is 0 Å². The van der Waals surface area contributed by atoms with Crippen molar-refractivity contribution in [1.82, 2.24) is 0 Å². The van der Waals surface area contributed by atoms with Crippen molar-refractivity contribution in [1.29, 1.82) is 0 Å². The van der Waals surface area contributed by atoms with Crippen molar-refractivity contribution in [3.8, 4) is 0 Å². The fourth-order valence-electron chi connectivity index (χ4n) is 0.895. The van der Waals surface area contributed by atoms with Crippen LogP contribution in [0.25, 0.3) is 0 Å². The molecule has 0 aromatic rings.